The van der Waals surface area contributed by atoms with Crippen molar-refractivity contribution >= 4 is 15.7 Å². The summed E-state index contributed by atoms with van der Waals surface area (Å²) in [7, 11) is -3.62. The third-order valence-corrected chi connectivity index (χ3v) is 5.21. The molecule has 0 amide bonds. The number of nitro benzene ring substituents is 1. The Kier molecular flexibility index (Phi) is 4.92. The smallest absolute Gasteiger partial charge is 0.269 e. The van der Waals surface area contributed by atoms with Crippen molar-refractivity contribution in [1.29, 1.82) is 0 Å². The number of sulfonamides is 1. The average molecular weight is 313 g/mol. The lowest BCUT2D eigenvalue weighted by atomic mass is 10.2. The Morgan fingerprint density at radius 1 is 1.38 bits per heavy atom. The van der Waals surface area contributed by atoms with Gasteiger partial charge >= 0.3 is 0 Å². The Morgan fingerprint density at radius 3 is 2.62 bits per heavy atom. The molecule has 0 unspecified atom stereocenters. The van der Waals surface area contributed by atoms with E-state index < -0.39 is 14.9 Å². The number of likely N-dealkylation sites (N-methyl/N-ethyl adjacent to an activating group) is 1. The number of nitro groups is 1. The van der Waals surface area contributed by atoms with E-state index in [2.05, 4.69) is 16.5 Å². The molecule has 0 spiro atoms. The van der Waals surface area contributed by atoms with E-state index in [1.165, 1.54) is 24.3 Å². The van der Waals surface area contributed by atoms with Gasteiger partial charge in [0.05, 0.1) is 9.82 Å². The Bertz CT molecular complexity index is 600. The SMILES string of the molecule is CCN1CCC[C@@H]1CNS(=O)(=O)c1ccc([N+](=O)[O-])cc1. The monoisotopic (exact) mass is 313 g/mol. The lowest BCUT2D eigenvalue weighted by molar-refractivity contribution is -0.384. The van der Waals surface area contributed by atoms with Crippen LogP contribution in [0, 0.1) is 10.1 Å². The second-order valence-electron chi connectivity index (χ2n) is 5.03. The van der Waals surface area contributed by atoms with Gasteiger partial charge in [0.25, 0.3) is 5.69 Å². The molecule has 1 fully saturated rings. The van der Waals surface area contributed by atoms with Crippen molar-refractivity contribution in [3.63, 3.8) is 0 Å². The van der Waals surface area contributed by atoms with Crippen LogP contribution in [0.1, 0.15) is 19.8 Å². The summed E-state index contributed by atoms with van der Waals surface area (Å²) in [4.78, 5) is 12.3. The van der Waals surface area contributed by atoms with Crippen molar-refractivity contribution in [3.05, 3.63) is 34.4 Å². The molecule has 1 aliphatic rings. The van der Waals surface area contributed by atoms with Crippen LogP contribution in [-0.2, 0) is 10.0 Å². The summed E-state index contributed by atoms with van der Waals surface area (Å²) in [5.41, 5.74) is -0.123. The Labute approximate surface area is 124 Å². The van der Waals surface area contributed by atoms with Gasteiger partial charge in [0.15, 0.2) is 0 Å². The fourth-order valence-electron chi connectivity index (χ4n) is 2.58. The molecule has 116 valence electrons. The van der Waals surface area contributed by atoms with E-state index >= 15 is 0 Å². The van der Waals surface area contributed by atoms with Crippen LogP contribution in [0.25, 0.3) is 0 Å². The number of non-ortho nitro benzene ring substituents is 1. The standard InChI is InChI=1S/C13H19N3O4S/c1-2-15-9-3-4-12(15)10-14-21(19,20)13-7-5-11(6-8-13)16(17)18/h5-8,12,14H,2-4,9-10H2,1H3/t12-/m1/s1. The Hall–Kier alpha value is -1.51. The minimum atomic E-state index is -3.62. The van der Waals surface area contributed by atoms with Gasteiger partial charge in [-0.1, -0.05) is 6.92 Å². The molecule has 0 radical (unpaired) electrons. The molecule has 0 bridgehead atoms. The topological polar surface area (TPSA) is 92.6 Å². The normalized spacial score (nSPS) is 19.8. The summed E-state index contributed by atoms with van der Waals surface area (Å²) in [5, 5.41) is 10.6. The van der Waals surface area contributed by atoms with Crippen LogP contribution in [0.5, 0.6) is 0 Å². The average Bonchev–Trinajstić information content (AvgIpc) is 2.93. The number of benzene rings is 1. The van der Waals surface area contributed by atoms with Gasteiger partial charge in [0, 0.05) is 24.7 Å². The van der Waals surface area contributed by atoms with E-state index in [1.807, 2.05) is 0 Å². The van der Waals surface area contributed by atoms with Crippen LogP contribution < -0.4 is 4.72 Å². The predicted molar refractivity (Wildman–Crippen MR) is 78.6 cm³/mol. The van der Waals surface area contributed by atoms with Gasteiger partial charge in [-0.05, 0) is 38.1 Å². The highest BCUT2D eigenvalue weighted by molar-refractivity contribution is 7.89. The number of hydrogen-bond acceptors (Lipinski definition) is 5. The molecule has 1 aromatic carbocycles. The van der Waals surface area contributed by atoms with Crippen LogP contribution in [0.15, 0.2) is 29.2 Å². The summed E-state index contributed by atoms with van der Waals surface area (Å²) in [6.07, 6.45) is 2.06. The van der Waals surface area contributed by atoms with Crippen molar-refractivity contribution in [2.45, 2.75) is 30.7 Å². The van der Waals surface area contributed by atoms with Crippen molar-refractivity contribution in [1.82, 2.24) is 9.62 Å². The molecule has 2 rings (SSSR count). The predicted octanol–water partition coefficient (Wildman–Crippen LogP) is 1.36. The molecule has 1 aliphatic heterocycles. The number of rotatable bonds is 6. The lowest BCUT2D eigenvalue weighted by Crippen LogP contribution is -2.39. The molecule has 1 atom stereocenters. The van der Waals surface area contributed by atoms with Gasteiger partial charge < -0.3 is 0 Å². The van der Waals surface area contributed by atoms with Gasteiger partial charge in [0.2, 0.25) is 10.0 Å². The van der Waals surface area contributed by atoms with Crippen LogP contribution in [0.3, 0.4) is 0 Å². The molecule has 1 saturated heterocycles. The zero-order valence-electron chi connectivity index (χ0n) is 11.9. The van der Waals surface area contributed by atoms with Crippen LogP contribution in [0.4, 0.5) is 5.69 Å². The third kappa shape index (κ3) is 3.78. The minimum Gasteiger partial charge on any atom is -0.299 e. The summed E-state index contributed by atoms with van der Waals surface area (Å²) >= 11 is 0. The molecule has 0 aromatic heterocycles. The van der Waals surface area contributed by atoms with E-state index in [0.29, 0.717) is 6.54 Å². The van der Waals surface area contributed by atoms with Gasteiger partial charge in [0.1, 0.15) is 0 Å². The van der Waals surface area contributed by atoms with Crippen LogP contribution in [0.2, 0.25) is 0 Å². The van der Waals surface area contributed by atoms with Crippen molar-refractivity contribution in [2.75, 3.05) is 19.6 Å². The molecule has 8 heteroatoms. The van der Waals surface area contributed by atoms with E-state index in [9.17, 15) is 18.5 Å². The zero-order chi connectivity index (χ0) is 15.5. The molecule has 0 aliphatic carbocycles. The summed E-state index contributed by atoms with van der Waals surface area (Å²) in [5.74, 6) is 0. The second kappa shape index (κ2) is 6.50. The fraction of sp³-hybridized carbons (Fsp3) is 0.538. The van der Waals surface area contributed by atoms with E-state index in [-0.39, 0.29) is 16.6 Å². The van der Waals surface area contributed by atoms with Crippen molar-refractivity contribution in [2.24, 2.45) is 0 Å². The Morgan fingerprint density at radius 2 is 2.05 bits per heavy atom. The van der Waals surface area contributed by atoms with E-state index in [1.54, 1.807) is 0 Å². The molecular formula is C13H19N3O4S. The first-order valence-electron chi connectivity index (χ1n) is 6.92. The highest BCUT2D eigenvalue weighted by Crippen LogP contribution is 2.18. The first-order chi connectivity index (χ1) is 9.94. The van der Waals surface area contributed by atoms with Gasteiger partial charge in [-0.25, -0.2) is 13.1 Å². The van der Waals surface area contributed by atoms with Gasteiger partial charge in [-0.15, -0.1) is 0 Å². The molecular weight excluding hydrogens is 294 g/mol. The lowest BCUT2D eigenvalue weighted by Gasteiger charge is -2.22. The van der Waals surface area contributed by atoms with Gasteiger partial charge in [-0.3, -0.25) is 15.0 Å². The zero-order valence-corrected chi connectivity index (χ0v) is 12.7. The first-order valence-corrected chi connectivity index (χ1v) is 8.40. The van der Waals surface area contributed by atoms with Gasteiger partial charge in [-0.2, -0.15) is 0 Å². The number of likely N-dealkylation sites (tertiary alicyclic amines) is 1. The second-order valence-corrected chi connectivity index (χ2v) is 6.79. The molecule has 0 saturated carbocycles. The quantitative estimate of drug-likeness (QED) is 0.632. The van der Waals surface area contributed by atoms with Crippen LogP contribution in [-0.4, -0.2) is 43.9 Å². The highest BCUT2D eigenvalue weighted by atomic mass is 32.2. The summed E-state index contributed by atoms with van der Waals surface area (Å²) in [6.45, 7) is 4.33. The summed E-state index contributed by atoms with van der Waals surface area (Å²) in [6, 6.07) is 5.13. The van der Waals surface area contributed by atoms with Crippen LogP contribution >= 0.6 is 0 Å². The maximum absolute atomic E-state index is 12.2. The molecule has 7 nitrogen and oxygen atoms in total. The number of hydrogen-bond donors (Lipinski definition) is 1. The third-order valence-electron chi connectivity index (χ3n) is 3.77. The number of nitrogens with one attached hydrogen (secondary N) is 1. The molecule has 1 heterocycles. The summed E-state index contributed by atoms with van der Waals surface area (Å²) < 4.78 is 26.9. The minimum absolute atomic E-state index is 0.0501. The maximum atomic E-state index is 12.2. The largest absolute Gasteiger partial charge is 0.299 e. The van der Waals surface area contributed by atoms with Crippen molar-refractivity contribution < 1.29 is 13.3 Å². The van der Waals surface area contributed by atoms with E-state index in [0.717, 1.165) is 25.9 Å². The molecule has 21 heavy (non-hydrogen) atoms. The first kappa shape index (κ1) is 15.9. The maximum Gasteiger partial charge on any atom is 0.269 e. The van der Waals surface area contributed by atoms with E-state index in [4.69, 9.17) is 0 Å². The van der Waals surface area contributed by atoms with Crippen molar-refractivity contribution in [3.8, 4) is 0 Å². The number of nitrogens with zero attached hydrogens (tertiary/aromatic N) is 2. The highest BCUT2D eigenvalue weighted by Gasteiger charge is 2.25. The Balaban J connectivity index is 2.02. The molecule has 1 aromatic rings. The molecule has 1 N–H and O–H groups in total. The fourth-order valence-corrected chi connectivity index (χ4v) is 3.65.